The molecule has 0 saturated carbocycles. The molecule has 0 spiro atoms. The van der Waals surface area contributed by atoms with E-state index in [2.05, 4.69) is 10.00 Å². The number of likely N-dealkylation sites (N-methyl/N-ethyl adjacent to an activating group) is 1. The van der Waals surface area contributed by atoms with Crippen LogP contribution in [0.2, 0.25) is 5.02 Å². The van der Waals surface area contributed by atoms with Crippen LogP contribution in [-0.2, 0) is 13.5 Å². The maximum atomic E-state index is 10.5. The standard InChI is InChI=1S/C15H20ClN3O/c1-18(2)9-8-11-10-14(19(3)17-11)15(20)12-6-4-5-7-13(12)16/h4-7,10,15,20H,8-9H2,1-3H3. The van der Waals surface area contributed by atoms with Gasteiger partial charge in [-0.25, -0.2) is 0 Å². The predicted molar refractivity (Wildman–Crippen MR) is 81.0 cm³/mol. The average molecular weight is 294 g/mol. The van der Waals surface area contributed by atoms with Crippen LogP contribution in [0.4, 0.5) is 0 Å². The van der Waals surface area contributed by atoms with Gasteiger partial charge < -0.3 is 10.0 Å². The van der Waals surface area contributed by atoms with Crippen molar-refractivity contribution >= 4 is 11.6 Å². The van der Waals surface area contributed by atoms with Gasteiger partial charge in [-0.15, -0.1) is 0 Å². The fourth-order valence-corrected chi connectivity index (χ4v) is 2.35. The second-order valence-electron chi connectivity index (χ2n) is 5.16. The van der Waals surface area contributed by atoms with E-state index in [1.54, 1.807) is 10.7 Å². The Morgan fingerprint density at radius 1 is 1.35 bits per heavy atom. The number of aromatic nitrogens is 2. The lowest BCUT2D eigenvalue weighted by atomic mass is 10.1. The Kier molecular flexibility index (Phi) is 4.81. The number of aryl methyl sites for hydroxylation is 1. The number of halogens is 1. The SMILES string of the molecule is CN(C)CCc1cc(C(O)c2ccccc2Cl)n(C)n1. The molecule has 0 aliphatic carbocycles. The van der Waals surface area contributed by atoms with Crippen LogP contribution >= 0.6 is 11.6 Å². The van der Waals surface area contributed by atoms with Gasteiger partial charge in [0.1, 0.15) is 6.10 Å². The summed E-state index contributed by atoms with van der Waals surface area (Å²) < 4.78 is 1.72. The third kappa shape index (κ3) is 3.39. The van der Waals surface area contributed by atoms with E-state index in [-0.39, 0.29) is 0 Å². The number of aliphatic hydroxyl groups is 1. The first-order valence-corrected chi connectivity index (χ1v) is 6.97. The number of aliphatic hydroxyl groups excluding tert-OH is 1. The summed E-state index contributed by atoms with van der Waals surface area (Å²) >= 11 is 6.13. The Labute approximate surface area is 124 Å². The summed E-state index contributed by atoms with van der Waals surface area (Å²) in [6, 6.07) is 9.28. The summed E-state index contributed by atoms with van der Waals surface area (Å²) in [5.41, 5.74) is 2.44. The topological polar surface area (TPSA) is 41.3 Å². The summed E-state index contributed by atoms with van der Waals surface area (Å²) in [7, 11) is 5.90. The number of nitrogens with zero attached hydrogens (tertiary/aromatic N) is 3. The zero-order valence-electron chi connectivity index (χ0n) is 12.0. The highest BCUT2D eigenvalue weighted by molar-refractivity contribution is 6.31. The van der Waals surface area contributed by atoms with E-state index in [0.717, 1.165) is 24.4 Å². The van der Waals surface area contributed by atoms with E-state index in [1.807, 2.05) is 45.4 Å². The van der Waals surface area contributed by atoms with Gasteiger partial charge in [0.25, 0.3) is 0 Å². The van der Waals surface area contributed by atoms with Crippen LogP contribution in [-0.4, -0.2) is 40.4 Å². The molecular formula is C15H20ClN3O. The van der Waals surface area contributed by atoms with E-state index in [0.29, 0.717) is 10.6 Å². The molecule has 1 aromatic heterocycles. The van der Waals surface area contributed by atoms with Gasteiger partial charge in [0.05, 0.1) is 11.4 Å². The van der Waals surface area contributed by atoms with Gasteiger partial charge in [-0.2, -0.15) is 5.10 Å². The van der Waals surface area contributed by atoms with E-state index in [1.165, 1.54) is 0 Å². The summed E-state index contributed by atoms with van der Waals surface area (Å²) in [5, 5.41) is 15.5. The fourth-order valence-electron chi connectivity index (χ4n) is 2.12. The lowest BCUT2D eigenvalue weighted by Gasteiger charge is -2.12. The Balaban J connectivity index is 2.22. The van der Waals surface area contributed by atoms with Crippen molar-refractivity contribution in [3.05, 3.63) is 52.3 Å². The molecular weight excluding hydrogens is 274 g/mol. The highest BCUT2D eigenvalue weighted by Crippen LogP contribution is 2.28. The minimum atomic E-state index is -0.755. The van der Waals surface area contributed by atoms with Gasteiger partial charge >= 0.3 is 0 Å². The summed E-state index contributed by atoms with van der Waals surface area (Å²) in [6.45, 7) is 0.929. The molecule has 0 radical (unpaired) electrons. The number of benzene rings is 1. The highest BCUT2D eigenvalue weighted by atomic mass is 35.5. The van der Waals surface area contributed by atoms with Crippen LogP contribution in [0.3, 0.4) is 0 Å². The summed E-state index contributed by atoms with van der Waals surface area (Å²) in [5.74, 6) is 0. The molecule has 1 unspecified atom stereocenters. The molecule has 1 N–H and O–H groups in total. The molecule has 0 bridgehead atoms. The van der Waals surface area contributed by atoms with Crippen molar-refractivity contribution in [3.63, 3.8) is 0 Å². The smallest absolute Gasteiger partial charge is 0.122 e. The molecule has 0 saturated heterocycles. The van der Waals surface area contributed by atoms with E-state index >= 15 is 0 Å². The molecule has 20 heavy (non-hydrogen) atoms. The van der Waals surface area contributed by atoms with E-state index in [4.69, 9.17) is 11.6 Å². The van der Waals surface area contributed by atoms with Gasteiger partial charge in [0.15, 0.2) is 0 Å². The number of rotatable bonds is 5. The van der Waals surface area contributed by atoms with Crippen molar-refractivity contribution in [2.45, 2.75) is 12.5 Å². The molecule has 0 fully saturated rings. The van der Waals surface area contributed by atoms with Crippen molar-refractivity contribution in [2.75, 3.05) is 20.6 Å². The van der Waals surface area contributed by atoms with Crippen LogP contribution in [0.1, 0.15) is 23.1 Å². The van der Waals surface area contributed by atoms with Crippen LogP contribution < -0.4 is 0 Å². The van der Waals surface area contributed by atoms with Crippen LogP contribution in [0.5, 0.6) is 0 Å². The first kappa shape index (κ1) is 15.0. The molecule has 0 aliphatic heterocycles. The quantitative estimate of drug-likeness (QED) is 0.919. The van der Waals surface area contributed by atoms with Crippen molar-refractivity contribution < 1.29 is 5.11 Å². The molecule has 1 heterocycles. The molecule has 5 heteroatoms. The van der Waals surface area contributed by atoms with E-state index < -0.39 is 6.10 Å². The van der Waals surface area contributed by atoms with Gasteiger partial charge in [0, 0.05) is 30.6 Å². The molecule has 0 aliphatic rings. The first-order valence-electron chi connectivity index (χ1n) is 6.59. The maximum Gasteiger partial charge on any atom is 0.122 e. The Morgan fingerprint density at radius 3 is 2.70 bits per heavy atom. The molecule has 108 valence electrons. The highest BCUT2D eigenvalue weighted by Gasteiger charge is 2.18. The number of hydrogen-bond donors (Lipinski definition) is 1. The number of hydrogen-bond acceptors (Lipinski definition) is 3. The molecule has 2 aromatic rings. The Hall–Kier alpha value is -1.36. The van der Waals surface area contributed by atoms with Gasteiger partial charge in [-0.1, -0.05) is 29.8 Å². The van der Waals surface area contributed by atoms with E-state index in [9.17, 15) is 5.11 Å². The minimum Gasteiger partial charge on any atom is -0.382 e. The lowest BCUT2D eigenvalue weighted by molar-refractivity contribution is 0.210. The molecule has 1 aromatic carbocycles. The monoisotopic (exact) mass is 293 g/mol. The predicted octanol–water partition coefficient (Wildman–Crippen LogP) is 2.26. The first-order chi connectivity index (χ1) is 9.49. The zero-order chi connectivity index (χ0) is 14.7. The lowest BCUT2D eigenvalue weighted by Crippen LogP contribution is -2.15. The Bertz CT molecular complexity index is 580. The fraction of sp³-hybridized carbons (Fsp3) is 0.400. The average Bonchev–Trinajstić information content (AvgIpc) is 2.77. The normalized spacial score (nSPS) is 12.9. The summed E-state index contributed by atoms with van der Waals surface area (Å²) in [4.78, 5) is 2.11. The second kappa shape index (κ2) is 6.39. The summed E-state index contributed by atoms with van der Waals surface area (Å²) in [6.07, 6.45) is 0.102. The molecule has 2 rings (SSSR count). The largest absolute Gasteiger partial charge is 0.382 e. The second-order valence-corrected chi connectivity index (χ2v) is 5.57. The third-order valence-electron chi connectivity index (χ3n) is 3.26. The molecule has 4 nitrogen and oxygen atoms in total. The van der Waals surface area contributed by atoms with Crippen molar-refractivity contribution in [1.29, 1.82) is 0 Å². The van der Waals surface area contributed by atoms with Crippen molar-refractivity contribution in [2.24, 2.45) is 7.05 Å². The zero-order valence-corrected chi connectivity index (χ0v) is 12.8. The molecule has 1 atom stereocenters. The van der Waals surface area contributed by atoms with Crippen molar-refractivity contribution in [1.82, 2.24) is 14.7 Å². The third-order valence-corrected chi connectivity index (χ3v) is 3.61. The van der Waals surface area contributed by atoms with Gasteiger partial charge in [-0.05, 0) is 26.2 Å². The maximum absolute atomic E-state index is 10.5. The van der Waals surface area contributed by atoms with Gasteiger partial charge in [-0.3, -0.25) is 4.68 Å². The van der Waals surface area contributed by atoms with Crippen molar-refractivity contribution in [3.8, 4) is 0 Å². The van der Waals surface area contributed by atoms with Crippen LogP contribution in [0, 0.1) is 0 Å². The van der Waals surface area contributed by atoms with Gasteiger partial charge in [0.2, 0.25) is 0 Å². The Morgan fingerprint density at radius 2 is 2.05 bits per heavy atom. The molecule has 0 amide bonds. The van der Waals surface area contributed by atoms with Crippen LogP contribution in [0.25, 0.3) is 0 Å². The van der Waals surface area contributed by atoms with Crippen LogP contribution in [0.15, 0.2) is 30.3 Å². The minimum absolute atomic E-state index is 0.566.